The molecule has 0 spiro atoms. The zero-order valence-electron chi connectivity index (χ0n) is 11.6. The number of aryl methyl sites for hydroxylation is 2. The van der Waals surface area contributed by atoms with Crippen LogP contribution in [0.15, 0.2) is 24.5 Å². The molecular weight excluding hydrogens is 257 g/mol. The Morgan fingerprint density at radius 1 is 1.40 bits per heavy atom. The van der Waals surface area contributed by atoms with E-state index in [0.717, 1.165) is 17.8 Å². The van der Waals surface area contributed by atoms with Gasteiger partial charge in [0.1, 0.15) is 5.82 Å². The lowest BCUT2D eigenvalue weighted by Crippen LogP contribution is -2.36. The molecule has 20 heavy (non-hydrogen) atoms. The van der Waals surface area contributed by atoms with Crippen LogP contribution in [0.2, 0.25) is 0 Å². The first-order valence-corrected chi connectivity index (χ1v) is 6.61. The van der Waals surface area contributed by atoms with Gasteiger partial charge in [0.15, 0.2) is 0 Å². The second-order valence-corrected chi connectivity index (χ2v) is 5.19. The highest BCUT2D eigenvalue weighted by Crippen LogP contribution is 2.20. The molecule has 1 aliphatic rings. The molecule has 104 valence electrons. The topological polar surface area (TPSA) is 38.1 Å². The highest BCUT2D eigenvalue weighted by Gasteiger charge is 2.24. The number of halogens is 1. The molecule has 1 aliphatic heterocycles. The summed E-state index contributed by atoms with van der Waals surface area (Å²) in [7, 11) is 1.93. The van der Waals surface area contributed by atoms with Gasteiger partial charge in [-0.3, -0.25) is 4.79 Å². The van der Waals surface area contributed by atoms with E-state index in [1.54, 1.807) is 30.3 Å². The van der Waals surface area contributed by atoms with Crippen LogP contribution < -0.4 is 0 Å². The molecule has 0 unspecified atom stereocenters. The monoisotopic (exact) mass is 273 g/mol. The third kappa shape index (κ3) is 2.09. The fourth-order valence-electron chi connectivity index (χ4n) is 2.55. The van der Waals surface area contributed by atoms with Crippen LogP contribution >= 0.6 is 0 Å². The van der Waals surface area contributed by atoms with Crippen molar-refractivity contribution in [2.24, 2.45) is 7.05 Å². The van der Waals surface area contributed by atoms with Crippen molar-refractivity contribution in [3.8, 4) is 0 Å². The standard InChI is InChI=1S/C15H16FN3O/c1-10-7-11(3-4-12(10)16)15(20)19-6-5-13-14(8-19)18(2)9-17-13/h3-4,7,9H,5-6,8H2,1-2H3. The quantitative estimate of drug-likeness (QED) is 0.797. The van der Waals surface area contributed by atoms with Gasteiger partial charge in [0.25, 0.3) is 5.91 Å². The first-order valence-electron chi connectivity index (χ1n) is 6.61. The van der Waals surface area contributed by atoms with Crippen LogP contribution in [-0.2, 0) is 20.0 Å². The largest absolute Gasteiger partial charge is 0.336 e. The first kappa shape index (κ1) is 12.8. The number of hydrogen-bond donors (Lipinski definition) is 0. The summed E-state index contributed by atoms with van der Waals surface area (Å²) in [6.45, 7) is 2.88. The summed E-state index contributed by atoms with van der Waals surface area (Å²) in [6.07, 6.45) is 2.54. The van der Waals surface area contributed by atoms with E-state index in [0.29, 0.717) is 24.2 Å². The van der Waals surface area contributed by atoms with E-state index < -0.39 is 0 Å². The highest BCUT2D eigenvalue weighted by atomic mass is 19.1. The highest BCUT2D eigenvalue weighted by molar-refractivity contribution is 5.94. The molecule has 1 aromatic carbocycles. The van der Waals surface area contributed by atoms with Gasteiger partial charge in [-0.25, -0.2) is 9.37 Å². The number of carbonyl (C=O) groups is 1. The van der Waals surface area contributed by atoms with E-state index in [1.165, 1.54) is 6.07 Å². The summed E-state index contributed by atoms with van der Waals surface area (Å²) >= 11 is 0. The van der Waals surface area contributed by atoms with E-state index in [-0.39, 0.29) is 11.7 Å². The molecule has 0 radical (unpaired) electrons. The molecule has 0 aliphatic carbocycles. The van der Waals surface area contributed by atoms with Crippen molar-refractivity contribution >= 4 is 5.91 Å². The van der Waals surface area contributed by atoms with Crippen molar-refractivity contribution < 1.29 is 9.18 Å². The van der Waals surface area contributed by atoms with Crippen LogP contribution in [-0.4, -0.2) is 26.9 Å². The summed E-state index contributed by atoms with van der Waals surface area (Å²) in [5, 5.41) is 0. The molecule has 4 nitrogen and oxygen atoms in total. The Morgan fingerprint density at radius 3 is 2.95 bits per heavy atom. The zero-order valence-corrected chi connectivity index (χ0v) is 11.6. The molecule has 1 aromatic heterocycles. The van der Waals surface area contributed by atoms with Gasteiger partial charge in [-0.05, 0) is 30.7 Å². The van der Waals surface area contributed by atoms with Crippen LogP contribution in [0, 0.1) is 12.7 Å². The smallest absolute Gasteiger partial charge is 0.254 e. The summed E-state index contributed by atoms with van der Waals surface area (Å²) in [4.78, 5) is 18.6. The minimum absolute atomic E-state index is 0.0556. The predicted octanol–water partition coefficient (Wildman–Crippen LogP) is 2.07. The molecule has 2 heterocycles. The van der Waals surface area contributed by atoms with Gasteiger partial charge in [-0.1, -0.05) is 0 Å². The fourth-order valence-corrected chi connectivity index (χ4v) is 2.55. The van der Waals surface area contributed by atoms with Gasteiger partial charge in [0.05, 0.1) is 24.3 Å². The zero-order chi connectivity index (χ0) is 14.3. The Morgan fingerprint density at radius 2 is 2.20 bits per heavy atom. The van der Waals surface area contributed by atoms with Crippen LogP contribution in [0.5, 0.6) is 0 Å². The van der Waals surface area contributed by atoms with E-state index in [4.69, 9.17) is 0 Å². The third-order valence-electron chi connectivity index (χ3n) is 3.80. The van der Waals surface area contributed by atoms with Crippen molar-refractivity contribution in [1.82, 2.24) is 14.5 Å². The summed E-state index contributed by atoms with van der Waals surface area (Å²) in [5.41, 5.74) is 3.17. The number of aromatic nitrogens is 2. The SMILES string of the molecule is Cc1cc(C(=O)N2CCc3ncn(C)c3C2)ccc1F. The lowest BCUT2D eigenvalue weighted by molar-refractivity contribution is 0.0730. The number of rotatable bonds is 1. The molecule has 0 fully saturated rings. The average molecular weight is 273 g/mol. The van der Waals surface area contributed by atoms with Gasteiger partial charge >= 0.3 is 0 Å². The van der Waals surface area contributed by atoms with Gasteiger partial charge in [-0.15, -0.1) is 0 Å². The number of fused-ring (bicyclic) bond motifs is 1. The second kappa shape index (κ2) is 4.74. The lowest BCUT2D eigenvalue weighted by atomic mass is 10.1. The number of amides is 1. The molecular formula is C15H16FN3O. The van der Waals surface area contributed by atoms with E-state index in [9.17, 15) is 9.18 Å². The maximum absolute atomic E-state index is 13.3. The maximum Gasteiger partial charge on any atom is 0.254 e. The van der Waals surface area contributed by atoms with E-state index in [2.05, 4.69) is 4.98 Å². The summed E-state index contributed by atoms with van der Waals surface area (Å²) in [5.74, 6) is -0.339. The maximum atomic E-state index is 13.3. The van der Waals surface area contributed by atoms with Crippen LogP contribution in [0.25, 0.3) is 0 Å². The summed E-state index contributed by atoms with van der Waals surface area (Å²) < 4.78 is 15.2. The van der Waals surface area contributed by atoms with Crippen molar-refractivity contribution in [2.45, 2.75) is 19.9 Å². The molecule has 2 aromatic rings. The number of nitrogens with zero attached hydrogens (tertiary/aromatic N) is 3. The van der Waals surface area contributed by atoms with Gasteiger partial charge < -0.3 is 9.47 Å². The third-order valence-corrected chi connectivity index (χ3v) is 3.80. The van der Waals surface area contributed by atoms with Crippen molar-refractivity contribution in [1.29, 1.82) is 0 Å². The van der Waals surface area contributed by atoms with Crippen LogP contribution in [0.3, 0.4) is 0 Å². The molecule has 0 saturated heterocycles. The Balaban J connectivity index is 1.85. The van der Waals surface area contributed by atoms with E-state index >= 15 is 0 Å². The average Bonchev–Trinajstić information content (AvgIpc) is 2.82. The number of carbonyl (C=O) groups excluding carboxylic acids is 1. The van der Waals surface area contributed by atoms with Crippen LogP contribution in [0.4, 0.5) is 4.39 Å². The van der Waals surface area contributed by atoms with Gasteiger partial charge in [-0.2, -0.15) is 0 Å². The molecule has 0 N–H and O–H groups in total. The normalized spacial score (nSPS) is 14.2. The van der Waals surface area contributed by atoms with Gasteiger partial charge in [0.2, 0.25) is 0 Å². The molecule has 0 bridgehead atoms. The lowest BCUT2D eigenvalue weighted by Gasteiger charge is -2.27. The predicted molar refractivity (Wildman–Crippen MR) is 72.8 cm³/mol. The Bertz CT molecular complexity index is 678. The minimum atomic E-state index is -0.283. The molecule has 0 atom stereocenters. The Hall–Kier alpha value is -2.17. The minimum Gasteiger partial charge on any atom is -0.336 e. The molecule has 0 saturated carbocycles. The Labute approximate surface area is 116 Å². The van der Waals surface area contributed by atoms with Crippen molar-refractivity contribution in [2.75, 3.05) is 6.54 Å². The fraction of sp³-hybridized carbons (Fsp3) is 0.333. The number of hydrogen-bond acceptors (Lipinski definition) is 2. The number of benzene rings is 1. The molecule has 5 heteroatoms. The van der Waals surface area contributed by atoms with Crippen molar-refractivity contribution in [3.63, 3.8) is 0 Å². The van der Waals surface area contributed by atoms with Crippen LogP contribution in [0.1, 0.15) is 27.3 Å². The number of imidazole rings is 1. The van der Waals surface area contributed by atoms with Crippen molar-refractivity contribution in [3.05, 3.63) is 52.9 Å². The molecule has 1 amide bonds. The summed E-state index contributed by atoms with van der Waals surface area (Å²) in [6, 6.07) is 4.50. The molecule has 3 rings (SSSR count). The van der Waals surface area contributed by atoms with E-state index in [1.807, 2.05) is 11.6 Å². The first-order chi connectivity index (χ1) is 9.56. The Kier molecular flexibility index (Phi) is 3.04. The van der Waals surface area contributed by atoms with Gasteiger partial charge in [0, 0.05) is 25.6 Å². The second-order valence-electron chi connectivity index (χ2n) is 5.19.